The van der Waals surface area contributed by atoms with Gasteiger partial charge >= 0.3 is 5.69 Å². The predicted octanol–water partition coefficient (Wildman–Crippen LogP) is -0.761. The maximum absolute atomic E-state index is 11.5. The molecule has 1 heterocycles. The second kappa shape index (κ2) is 3.59. The van der Waals surface area contributed by atoms with Crippen molar-refractivity contribution in [3.8, 4) is 5.40 Å². The smallest absolute Gasteiger partial charge is 0.332 e. The van der Waals surface area contributed by atoms with E-state index in [0.29, 0.717) is 11.8 Å². The molecule has 14 heavy (non-hydrogen) atoms. The summed E-state index contributed by atoms with van der Waals surface area (Å²) >= 11 is 0.653. The summed E-state index contributed by atoms with van der Waals surface area (Å²) < 4.78 is 2.04. The Kier molecular flexibility index (Phi) is 2.67. The number of hydrogen-bond donors (Lipinski definition) is 1. The number of anilines is 1. The maximum Gasteiger partial charge on any atom is 0.332 e. The van der Waals surface area contributed by atoms with Gasteiger partial charge in [-0.15, -0.1) is 0 Å². The summed E-state index contributed by atoms with van der Waals surface area (Å²) in [6.45, 7) is 0. The lowest BCUT2D eigenvalue weighted by molar-refractivity contribution is 0.672. The van der Waals surface area contributed by atoms with Crippen molar-refractivity contribution in [3.05, 3.63) is 20.8 Å². The van der Waals surface area contributed by atoms with Crippen LogP contribution in [-0.2, 0) is 14.1 Å². The van der Waals surface area contributed by atoms with Crippen LogP contribution in [-0.4, -0.2) is 9.13 Å². The van der Waals surface area contributed by atoms with Gasteiger partial charge in [-0.25, -0.2) is 4.79 Å². The van der Waals surface area contributed by atoms with Gasteiger partial charge in [-0.3, -0.25) is 13.9 Å². The lowest BCUT2D eigenvalue weighted by Crippen LogP contribution is -2.39. The normalized spacial score (nSPS) is 9.79. The second-order valence-electron chi connectivity index (χ2n) is 2.61. The summed E-state index contributed by atoms with van der Waals surface area (Å²) in [5, 5.41) is 10.2. The largest absolute Gasteiger partial charge is 0.384 e. The van der Waals surface area contributed by atoms with Crippen LogP contribution in [0.5, 0.6) is 0 Å². The number of nitriles is 1. The lowest BCUT2D eigenvalue weighted by atomic mass is 10.5. The molecular formula is C7H8N4O2S. The predicted molar refractivity (Wildman–Crippen MR) is 52.8 cm³/mol. The Morgan fingerprint density at radius 1 is 1.36 bits per heavy atom. The van der Waals surface area contributed by atoms with Gasteiger partial charge in [0, 0.05) is 14.1 Å². The second-order valence-corrected chi connectivity index (χ2v) is 3.41. The van der Waals surface area contributed by atoms with Crippen molar-refractivity contribution >= 4 is 17.6 Å². The Morgan fingerprint density at radius 3 is 2.43 bits per heavy atom. The number of nitrogens with two attached hydrogens (primary N) is 1. The molecule has 7 heteroatoms. The van der Waals surface area contributed by atoms with Crippen molar-refractivity contribution in [2.75, 3.05) is 5.73 Å². The summed E-state index contributed by atoms with van der Waals surface area (Å²) in [7, 11) is 2.78. The molecule has 1 aromatic rings. The Labute approximate surface area is 83.6 Å². The minimum atomic E-state index is -0.544. The van der Waals surface area contributed by atoms with E-state index in [4.69, 9.17) is 11.0 Å². The monoisotopic (exact) mass is 212 g/mol. The first-order valence-corrected chi connectivity index (χ1v) is 4.43. The standard InChI is InChI=1S/C7H8N4O2S/c1-10-5(9)4(14-3-8)6(12)11(2)7(10)13/h9H2,1-2H3. The third-order valence-electron chi connectivity index (χ3n) is 1.81. The third kappa shape index (κ3) is 1.40. The highest BCUT2D eigenvalue weighted by Crippen LogP contribution is 2.16. The van der Waals surface area contributed by atoms with Gasteiger partial charge in [0.1, 0.15) is 16.1 Å². The van der Waals surface area contributed by atoms with Crippen LogP contribution in [0.25, 0.3) is 0 Å². The van der Waals surface area contributed by atoms with Crippen molar-refractivity contribution in [3.63, 3.8) is 0 Å². The van der Waals surface area contributed by atoms with E-state index >= 15 is 0 Å². The van der Waals surface area contributed by atoms with E-state index in [0.717, 1.165) is 9.13 Å². The molecule has 0 aliphatic heterocycles. The Balaban J connectivity index is 3.71. The van der Waals surface area contributed by atoms with E-state index in [1.807, 2.05) is 0 Å². The molecule has 0 fully saturated rings. The molecule has 2 N–H and O–H groups in total. The topological polar surface area (TPSA) is 93.8 Å². The third-order valence-corrected chi connectivity index (χ3v) is 2.49. The molecule has 0 radical (unpaired) electrons. The zero-order chi connectivity index (χ0) is 10.9. The highest BCUT2D eigenvalue weighted by atomic mass is 32.2. The van der Waals surface area contributed by atoms with Gasteiger partial charge < -0.3 is 5.73 Å². The van der Waals surface area contributed by atoms with Gasteiger partial charge in [0.15, 0.2) is 0 Å². The van der Waals surface area contributed by atoms with Crippen molar-refractivity contribution in [1.29, 1.82) is 5.26 Å². The SMILES string of the molecule is Cn1c(N)c(SC#N)c(=O)n(C)c1=O. The number of hydrogen-bond acceptors (Lipinski definition) is 5. The Bertz CT molecular complexity index is 522. The molecule has 0 atom stereocenters. The molecule has 0 aliphatic rings. The van der Waals surface area contributed by atoms with E-state index in [1.54, 1.807) is 5.40 Å². The Hall–Kier alpha value is -1.68. The number of rotatable bonds is 1. The molecule has 0 saturated heterocycles. The maximum atomic E-state index is 11.5. The molecule has 0 saturated carbocycles. The molecule has 0 aliphatic carbocycles. The summed E-state index contributed by atoms with van der Waals surface area (Å²) in [4.78, 5) is 22.9. The summed E-state index contributed by atoms with van der Waals surface area (Å²) in [5.41, 5.74) is 4.47. The van der Waals surface area contributed by atoms with Crippen LogP contribution in [0.2, 0.25) is 0 Å². The fraction of sp³-hybridized carbons (Fsp3) is 0.286. The molecule has 0 unspecified atom stereocenters. The van der Waals surface area contributed by atoms with Gasteiger partial charge in [-0.2, -0.15) is 5.26 Å². The van der Waals surface area contributed by atoms with Crippen LogP contribution >= 0.6 is 11.8 Å². The number of nitrogen functional groups attached to an aromatic ring is 1. The molecule has 6 nitrogen and oxygen atoms in total. The first kappa shape index (κ1) is 10.4. The first-order valence-electron chi connectivity index (χ1n) is 3.62. The molecule has 0 bridgehead atoms. The Morgan fingerprint density at radius 2 is 1.93 bits per heavy atom. The van der Waals surface area contributed by atoms with Gasteiger partial charge in [0.2, 0.25) is 0 Å². The zero-order valence-electron chi connectivity index (χ0n) is 7.64. The molecule has 74 valence electrons. The van der Waals surface area contributed by atoms with Crippen LogP contribution in [0.15, 0.2) is 14.5 Å². The molecule has 0 aromatic carbocycles. The number of thiocyanates is 1. The minimum absolute atomic E-state index is 0.0182. The quantitative estimate of drug-likeness (QED) is 0.487. The van der Waals surface area contributed by atoms with Gasteiger partial charge in [-0.1, -0.05) is 0 Å². The molecular weight excluding hydrogens is 204 g/mol. The zero-order valence-corrected chi connectivity index (χ0v) is 8.46. The van der Waals surface area contributed by atoms with Crippen LogP contribution in [0, 0.1) is 10.7 Å². The molecule has 1 aromatic heterocycles. The van der Waals surface area contributed by atoms with E-state index in [2.05, 4.69) is 0 Å². The van der Waals surface area contributed by atoms with Crippen LogP contribution in [0.4, 0.5) is 5.82 Å². The minimum Gasteiger partial charge on any atom is -0.384 e. The fourth-order valence-corrected chi connectivity index (χ4v) is 1.53. The number of aromatic nitrogens is 2. The first-order chi connectivity index (χ1) is 6.50. The van der Waals surface area contributed by atoms with Gasteiger partial charge in [-0.05, 0) is 11.8 Å². The van der Waals surface area contributed by atoms with E-state index in [-0.39, 0.29) is 10.7 Å². The average molecular weight is 212 g/mol. The van der Waals surface area contributed by atoms with E-state index in [1.165, 1.54) is 14.1 Å². The fourth-order valence-electron chi connectivity index (χ4n) is 0.971. The highest BCUT2D eigenvalue weighted by Gasteiger charge is 2.12. The van der Waals surface area contributed by atoms with Gasteiger partial charge in [0.25, 0.3) is 5.56 Å². The molecule has 0 spiro atoms. The van der Waals surface area contributed by atoms with E-state index < -0.39 is 11.2 Å². The number of nitrogens with zero attached hydrogens (tertiary/aromatic N) is 3. The summed E-state index contributed by atoms with van der Waals surface area (Å²) in [6.07, 6.45) is 0. The van der Waals surface area contributed by atoms with Crippen molar-refractivity contribution in [2.45, 2.75) is 4.90 Å². The van der Waals surface area contributed by atoms with Crippen LogP contribution in [0.3, 0.4) is 0 Å². The van der Waals surface area contributed by atoms with E-state index in [9.17, 15) is 9.59 Å². The van der Waals surface area contributed by atoms with Crippen molar-refractivity contribution < 1.29 is 0 Å². The summed E-state index contributed by atoms with van der Waals surface area (Å²) in [6, 6.07) is 0. The molecule has 0 amide bonds. The van der Waals surface area contributed by atoms with Crippen molar-refractivity contribution in [2.24, 2.45) is 14.1 Å². The van der Waals surface area contributed by atoms with Gasteiger partial charge in [0.05, 0.1) is 0 Å². The van der Waals surface area contributed by atoms with Crippen molar-refractivity contribution in [1.82, 2.24) is 9.13 Å². The number of thioether (sulfide) groups is 1. The average Bonchev–Trinajstić information content (AvgIpc) is 2.19. The lowest BCUT2D eigenvalue weighted by Gasteiger charge is -2.07. The van der Waals surface area contributed by atoms with Crippen LogP contribution < -0.4 is 17.0 Å². The highest BCUT2D eigenvalue weighted by molar-refractivity contribution is 8.03. The molecule has 1 rings (SSSR count). The summed E-state index contributed by atoms with van der Waals surface area (Å²) in [5.74, 6) is 0.0182. The van der Waals surface area contributed by atoms with Crippen LogP contribution in [0.1, 0.15) is 0 Å².